The summed E-state index contributed by atoms with van der Waals surface area (Å²) in [5, 5.41) is 4.36. The summed E-state index contributed by atoms with van der Waals surface area (Å²) in [5.74, 6) is -0.194. The number of esters is 1. The number of ether oxygens (including phenoxy) is 1. The molecule has 1 aliphatic heterocycles. The van der Waals surface area contributed by atoms with Gasteiger partial charge in [0.15, 0.2) is 0 Å². The molecule has 0 unspecified atom stereocenters. The van der Waals surface area contributed by atoms with Gasteiger partial charge < -0.3 is 10.1 Å². The number of nitrogens with one attached hydrogen (secondary N) is 1. The van der Waals surface area contributed by atoms with Crippen molar-refractivity contribution in [3.05, 3.63) is 33.8 Å². The van der Waals surface area contributed by atoms with Crippen LogP contribution in [-0.4, -0.2) is 25.7 Å². The summed E-state index contributed by atoms with van der Waals surface area (Å²) in [4.78, 5) is 12.4. The molecule has 1 aromatic rings. The fraction of sp³-hybridized carbons (Fsp3) is 0.500. The summed E-state index contributed by atoms with van der Waals surface area (Å²) in [6.45, 7) is 3.74. The molecular weight excluding hydrogens is 285 g/mol. The van der Waals surface area contributed by atoms with E-state index in [2.05, 4.69) is 5.32 Å². The van der Waals surface area contributed by atoms with E-state index in [9.17, 15) is 4.79 Å². The number of piperidine rings is 1. The Morgan fingerprint density at radius 1 is 1.37 bits per heavy atom. The minimum atomic E-state index is -0.650. The number of rotatable bonds is 3. The topological polar surface area (TPSA) is 38.3 Å². The normalized spacial score (nSPS) is 18.1. The van der Waals surface area contributed by atoms with E-state index in [1.165, 1.54) is 0 Å². The lowest BCUT2D eigenvalue weighted by molar-refractivity contribution is -0.151. The highest BCUT2D eigenvalue weighted by Gasteiger charge is 2.43. The van der Waals surface area contributed by atoms with E-state index in [4.69, 9.17) is 27.9 Å². The molecule has 1 saturated heterocycles. The maximum absolute atomic E-state index is 12.4. The maximum atomic E-state index is 12.4. The van der Waals surface area contributed by atoms with Gasteiger partial charge in [0, 0.05) is 10.0 Å². The highest BCUT2D eigenvalue weighted by atomic mass is 35.5. The molecule has 5 heteroatoms. The lowest BCUT2D eigenvalue weighted by Crippen LogP contribution is -2.46. The minimum absolute atomic E-state index is 0.194. The summed E-state index contributed by atoms with van der Waals surface area (Å²) in [6.07, 6.45) is 1.38. The molecule has 0 radical (unpaired) electrons. The lowest BCUT2D eigenvalue weighted by atomic mass is 9.73. The second kappa shape index (κ2) is 6.12. The van der Waals surface area contributed by atoms with E-state index in [1.54, 1.807) is 12.1 Å². The smallest absolute Gasteiger partial charge is 0.316 e. The predicted octanol–water partition coefficient (Wildman–Crippen LogP) is 3.18. The van der Waals surface area contributed by atoms with Gasteiger partial charge in [0.1, 0.15) is 0 Å². The van der Waals surface area contributed by atoms with Crippen molar-refractivity contribution in [3.8, 4) is 0 Å². The quantitative estimate of drug-likeness (QED) is 0.872. The SMILES string of the molecule is CCOC(=O)C1(c2ccc(Cl)cc2Cl)CCNCC1. The number of benzene rings is 1. The summed E-state index contributed by atoms with van der Waals surface area (Å²) in [5.41, 5.74) is 0.168. The monoisotopic (exact) mass is 301 g/mol. The fourth-order valence-electron chi connectivity index (χ4n) is 2.58. The zero-order valence-electron chi connectivity index (χ0n) is 10.8. The first-order chi connectivity index (χ1) is 9.10. The standard InChI is InChI=1S/C14H17Cl2NO2/c1-2-19-13(18)14(5-7-17-8-6-14)11-4-3-10(15)9-12(11)16/h3-4,9,17H,2,5-8H2,1H3. The third-order valence-corrected chi connectivity index (χ3v) is 4.12. The second-order valence-corrected chi connectivity index (χ2v) is 5.52. The van der Waals surface area contributed by atoms with Gasteiger partial charge in [-0.2, -0.15) is 0 Å². The molecule has 0 atom stereocenters. The van der Waals surface area contributed by atoms with Crippen LogP contribution in [0.1, 0.15) is 25.3 Å². The van der Waals surface area contributed by atoms with Crippen LogP contribution in [0.15, 0.2) is 18.2 Å². The summed E-state index contributed by atoms with van der Waals surface area (Å²) >= 11 is 12.2. The molecule has 0 spiro atoms. The third kappa shape index (κ3) is 2.88. The van der Waals surface area contributed by atoms with Crippen molar-refractivity contribution < 1.29 is 9.53 Å². The lowest BCUT2D eigenvalue weighted by Gasteiger charge is -2.36. The molecule has 1 N–H and O–H groups in total. The van der Waals surface area contributed by atoms with Gasteiger partial charge in [-0.3, -0.25) is 4.79 Å². The van der Waals surface area contributed by atoms with Gasteiger partial charge in [0.25, 0.3) is 0 Å². The number of halogens is 2. The first-order valence-corrected chi connectivity index (χ1v) is 7.19. The van der Waals surface area contributed by atoms with Crippen LogP contribution in [0.2, 0.25) is 10.0 Å². The molecule has 0 amide bonds. The number of carbonyl (C=O) groups is 1. The Balaban J connectivity index is 2.44. The molecule has 19 heavy (non-hydrogen) atoms. The molecule has 1 aromatic carbocycles. The highest BCUT2D eigenvalue weighted by Crippen LogP contribution is 2.39. The van der Waals surface area contributed by atoms with E-state index in [-0.39, 0.29) is 5.97 Å². The van der Waals surface area contributed by atoms with Gasteiger partial charge in [-0.05, 0) is 50.6 Å². The van der Waals surface area contributed by atoms with Gasteiger partial charge in [-0.25, -0.2) is 0 Å². The van der Waals surface area contributed by atoms with Crippen LogP contribution in [-0.2, 0) is 14.9 Å². The summed E-state index contributed by atoms with van der Waals surface area (Å²) in [6, 6.07) is 5.29. The van der Waals surface area contributed by atoms with Gasteiger partial charge >= 0.3 is 5.97 Å². The van der Waals surface area contributed by atoms with Crippen molar-refractivity contribution in [2.24, 2.45) is 0 Å². The molecule has 1 heterocycles. The van der Waals surface area contributed by atoms with Crippen molar-refractivity contribution in [3.63, 3.8) is 0 Å². The fourth-order valence-corrected chi connectivity index (χ4v) is 3.17. The predicted molar refractivity (Wildman–Crippen MR) is 76.9 cm³/mol. The molecule has 0 aromatic heterocycles. The second-order valence-electron chi connectivity index (χ2n) is 4.68. The maximum Gasteiger partial charge on any atom is 0.316 e. The Bertz CT molecular complexity index is 471. The van der Waals surface area contributed by atoms with Crippen LogP contribution >= 0.6 is 23.2 Å². The van der Waals surface area contributed by atoms with Crippen molar-refractivity contribution in [2.75, 3.05) is 19.7 Å². The Kier molecular flexibility index (Phi) is 4.71. The van der Waals surface area contributed by atoms with Crippen LogP contribution in [0.3, 0.4) is 0 Å². The van der Waals surface area contributed by atoms with Crippen LogP contribution in [0, 0.1) is 0 Å². The number of carbonyl (C=O) groups excluding carboxylic acids is 1. The van der Waals surface area contributed by atoms with Crippen molar-refractivity contribution >= 4 is 29.2 Å². The van der Waals surface area contributed by atoms with Crippen molar-refractivity contribution in [2.45, 2.75) is 25.2 Å². The average molecular weight is 302 g/mol. The van der Waals surface area contributed by atoms with Crippen LogP contribution in [0.5, 0.6) is 0 Å². The Morgan fingerprint density at radius 2 is 2.05 bits per heavy atom. The van der Waals surface area contributed by atoms with Crippen LogP contribution in [0.25, 0.3) is 0 Å². The summed E-state index contributed by atoms with van der Waals surface area (Å²) < 4.78 is 5.27. The molecule has 0 aliphatic carbocycles. The van der Waals surface area contributed by atoms with Gasteiger partial charge in [0.2, 0.25) is 0 Å². The van der Waals surface area contributed by atoms with Crippen LogP contribution < -0.4 is 5.32 Å². The Labute approximate surface area is 123 Å². The van der Waals surface area contributed by atoms with Gasteiger partial charge in [-0.15, -0.1) is 0 Å². The van der Waals surface area contributed by atoms with E-state index in [0.29, 0.717) is 29.5 Å². The molecule has 1 aliphatic rings. The minimum Gasteiger partial charge on any atom is -0.465 e. The van der Waals surface area contributed by atoms with E-state index < -0.39 is 5.41 Å². The largest absolute Gasteiger partial charge is 0.465 e. The number of hydrogen-bond acceptors (Lipinski definition) is 3. The zero-order valence-corrected chi connectivity index (χ0v) is 12.4. The molecule has 2 rings (SSSR count). The average Bonchev–Trinajstić information content (AvgIpc) is 2.39. The van der Waals surface area contributed by atoms with E-state index in [0.717, 1.165) is 18.7 Å². The third-order valence-electron chi connectivity index (χ3n) is 3.57. The molecular formula is C14H17Cl2NO2. The Hall–Kier alpha value is -0.770. The van der Waals surface area contributed by atoms with E-state index >= 15 is 0 Å². The summed E-state index contributed by atoms with van der Waals surface area (Å²) in [7, 11) is 0. The van der Waals surface area contributed by atoms with Gasteiger partial charge in [0.05, 0.1) is 12.0 Å². The number of hydrogen-bond donors (Lipinski definition) is 1. The zero-order chi connectivity index (χ0) is 13.9. The molecule has 104 valence electrons. The van der Waals surface area contributed by atoms with E-state index in [1.807, 2.05) is 13.0 Å². The first-order valence-electron chi connectivity index (χ1n) is 6.43. The van der Waals surface area contributed by atoms with Gasteiger partial charge in [-0.1, -0.05) is 29.3 Å². The highest BCUT2D eigenvalue weighted by molar-refractivity contribution is 6.35. The molecule has 0 bridgehead atoms. The molecule has 1 fully saturated rings. The van der Waals surface area contributed by atoms with Crippen LogP contribution in [0.4, 0.5) is 0 Å². The molecule has 3 nitrogen and oxygen atoms in total. The van der Waals surface area contributed by atoms with Crippen molar-refractivity contribution in [1.29, 1.82) is 0 Å². The Morgan fingerprint density at radius 3 is 2.63 bits per heavy atom. The molecule has 0 saturated carbocycles. The van der Waals surface area contributed by atoms with Crippen molar-refractivity contribution in [1.82, 2.24) is 5.32 Å². The first kappa shape index (κ1) is 14.6.